The summed E-state index contributed by atoms with van der Waals surface area (Å²) >= 11 is 0. The first kappa shape index (κ1) is 14.9. The topological polar surface area (TPSA) is 20.3 Å². The minimum atomic E-state index is 0.293. The van der Waals surface area contributed by atoms with Crippen LogP contribution in [0.1, 0.15) is 39.2 Å². The Morgan fingerprint density at radius 1 is 1.28 bits per heavy atom. The Bertz CT molecular complexity index is 347. The molecule has 0 aliphatic rings. The lowest BCUT2D eigenvalue weighted by molar-refractivity contribution is -0.117. The Kier molecular flexibility index (Phi) is 6.66. The summed E-state index contributed by atoms with van der Waals surface area (Å²) in [6.45, 7) is 8.19. The standard InChI is InChI=1S/C16H25NO/c1-4-17(12-8-9-15(3)18)14(2)13-16-10-6-5-7-11-16/h5-7,10-11,14H,4,8-9,12-13H2,1-3H3/t14-/m0/s1. The zero-order valence-electron chi connectivity index (χ0n) is 11.9. The van der Waals surface area contributed by atoms with Crippen LogP contribution in [0.15, 0.2) is 30.3 Å². The molecule has 0 fully saturated rings. The summed E-state index contributed by atoms with van der Waals surface area (Å²) in [4.78, 5) is 13.4. The van der Waals surface area contributed by atoms with Crippen molar-refractivity contribution in [3.63, 3.8) is 0 Å². The SMILES string of the molecule is CCN(CCCC(C)=O)[C@@H](C)Cc1ccccc1. The average molecular weight is 247 g/mol. The molecule has 1 aromatic carbocycles. The third-order valence-corrected chi connectivity index (χ3v) is 3.38. The lowest BCUT2D eigenvalue weighted by Gasteiger charge is -2.27. The molecule has 100 valence electrons. The third-order valence-electron chi connectivity index (χ3n) is 3.38. The van der Waals surface area contributed by atoms with Crippen molar-refractivity contribution in [1.29, 1.82) is 0 Å². The number of hydrogen-bond acceptors (Lipinski definition) is 2. The maximum Gasteiger partial charge on any atom is 0.129 e. The van der Waals surface area contributed by atoms with Crippen LogP contribution in [0.4, 0.5) is 0 Å². The summed E-state index contributed by atoms with van der Waals surface area (Å²) in [5.41, 5.74) is 1.38. The van der Waals surface area contributed by atoms with E-state index in [-0.39, 0.29) is 0 Å². The summed E-state index contributed by atoms with van der Waals surface area (Å²) < 4.78 is 0. The molecule has 18 heavy (non-hydrogen) atoms. The van der Waals surface area contributed by atoms with Gasteiger partial charge in [-0.2, -0.15) is 0 Å². The minimum absolute atomic E-state index is 0.293. The second-order valence-corrected chi connectivity index (χ2v) is 4.97. The molecule has 0 spiro atoms. The lowest BCUT2D eigenvalue weighted by Crippen LogP contribution is -2.35. The Hall–Kier alpha value is -1.15. The minimum Gasteiger partial charge on any atom is -0.301 e. The molecule has 1 aromatic rings. The van der Waals surface area contributed by atoms with E-state index in [9.17, 15) is 4.79 Å². The molecule has 1 atom stereocenters. The van der Waals surface area contributed by atoms with E-state index in [1.54, 1.807) is 6.92 Å². The summed E-state index contributed by atoms with van der Waals surface area (Å²) in [5.74, 6) is 0.293. The van der Waals surface area contributed by atoms with Crippen molar-refractivity contribution in [3.8, 4) is 0 Å². The predicted molar refractivity (Wildman–Crippen MR) is 76.8 cm³/mol. The van der Waals surface area contributed by atoms with Gasteiger partial charge in [0.1, 0.15) is 5.78 Å². The van der Waals surface area contributed by atoms with E-state index in [2.05, 4.69) is 49.1 Å². The van der Waals surface area contributed by atoms with Crippen LogP contribution in [0, 0.1) is 0 Å². The van der Waals surface area contributed by atoms with Crippen LogP contribution in [-0.4, -0.2) is 29.8 Å². The van der Waals surface area contributed by atoms with E-state index in [1.807, 2.05) is 0 Å². The van der Waals surface area contributed by atoms with Gasteiger partial charge in [0.15, 0.2) is 0 Å². The summed E-state index contributed by atoms with van der Waals surface area (Å²) in [6, 6.07) is 11.1. The molecule has 0 bridgehead atoms. The number of carbonyl (C=O) groups is 1. The monoisotopic (exact) mass is 247 g/mol. The Labute approximate surface area is 111 Å². The number of nitrogens with zero attached hydrogens (tertiary/aromatic N) is 1. The van der Waals surface area contributed by atoms with Crippen LogP contribution in [0.3, 0.4) is 0 Å². The second-order valence-electron chi connectivity index (χ2n) is 4.97. The largest absolute Gasteiger partial charge is 0.301 e. The molecular formula is C16H25NO. The van der Waals surface area contributed by atoms with Gasteiger partial charge in [-0.25, -0.2) is 0 Å². The van der Waals surface area contributed by atoms with Gasteiger partial charge in [-0.15, -0.1) is 0 Å². The fourth-order valence-corrected chi connectivity index (χ4v) is 2.31. The first-order valence-electron chi connectivity index (χ1n) is 6.91. The van der Waals surface area contributed by atoms with Crippen LogP contribution < -0.4 is 0 Å². The Morgan fingerprint density at radius 2 is 1.94 bits per heavy atom. The Balaban J connectivity index is 2.41. The van der Waals surface area contributed by atoms with E-state index in [0.717, 1.165) is 25.9 Å². The smallest absolute Gasteiger partial charge is 0.129 e. The van der Waals surface area contributed by atoms with Gasteiger partial charge in [0, 0.05) is 12.5 Å². The van der Waals surface area contributed by atoms with Crippen molar-refractivity contribution < 1.29 is 4.79 Å². The van der Waals surface area contributed by atoms with Crippen LogP contribution >= 0.6 is 0 Å². The normalized spacial score (nSPS) is 12.7. The molecule has 0 heterocycles. The number of hydrogen-bond donors (Lipinski definition) is 0. The number of Topliss-reactive ketones (excluding diaryl/α,β-unsaturated/α-hetero) is 1. The van der Waals surface area contributed by atoms with Gasteiger partial charge in [0.25, 0.3) is 0 Å². The molecular weight excluding hydrogens is 222 g/mol. The van der Waals surface area contributed by atoms with E-state index in [0.29, 0.717) is 18.2 Å². The molecule has 0 radical (unpaired) electrons. The molecule has 0 saturated heterocycles. The van der Waals surface area contributed by atoms with Crippen molar-refractivity contribution in [3.05, 3.63) is 35.9 Å². The molecule has 0 aliphatic heterocycles. The Morgan fingerprint density at radius 3 is 2.50 bits per heavy atom. The molecule has 0 unspecified atom stereocenters. The molecule has 0 amide bonds. The zero-order valence-corrected chi connectivity index (χ0v) is 11.9. The third kappa shape index (κ3) is 5.46. The maximum absolute atomic E-state index is 11.0. The van der Waals surface area contributed by atoms with Gasteiger partial charge in [-0.05, 0) is 45.3 Å². The average Bonchev–Trinajstić information content (AvgIpc) is 2.35. The molecule has 1 rings (SSSR count). The first-order valence-corrected chi connectivity index (χ1v) is 6.91. The van der Waals surface area contributed by atoms with Crippen LogP contribution in [0.25, 0.3) is 0 Å². The van der Waals surface area contributed by atoms with E-state index < -0.39 is 0 Å². The number of benzene rings is 1. The van der Waals surface area contributed by atoms with Gasteiger partial charge < -0.3 is 9.69 Å². The zero-order chi connectivity index (χ0) is 13.4. The summed E-state index contributed by atoms with van der Waals surface area (Å²) in [6.07, 6.45) is 2.76. The lowest BCUT2D eigenvalue weighted by atomic mass is 10.1. The number of likely N-dealkylation sites (N-methyl/N-ethyl adjacent to an activating group) is 1. The van der Waals surface area contributed by atoms with Crippen LogP contribution in [0.5, 0.6) is 0 Å². The highest BCUT2D eigenvalue weighted by Gasteiger charge is 2.12. The quantitative estimate of drug-likeness (QED) is 0.702. The number of carbonyl (C=O) groups excluding carboxylic acids is 1. The fraction of sp³-hybridized carbons (Fsp3) is 0.562. The molecule has 0 aliphatic carbocycles. The van der Waals surface area contributed by atoms with Gasteiger partial charge in [0.2, 0.25) is 0 Å². The number of ketones is 1. The summed E-state index contributed by atoms with van der Waals surface area (Å²) in [5, 5.41) is 0. The summed E-state index contributed by atoms with van der Waals surface area (Å²) in [7, 11) is 0. The predicted octanol–water partition coefficient (Wildman–Crippen LogP) is 3.31. The van der Waals surface area contributed by atoms with Gasteiger partial charge in [-0.3, -0.25) is 0 Å². The van der Waals surface area contributed by atoms with Gasteiger partial charge >= 0.3 is 0 Å². The molecule has 2 heteroatoms. The highest BCUT2D eigenvalue weighted by molar-refractivity contribution is 5.75. The second kappa shape index (κ2) is 8.04. The highest BCUT2D eigenvalue weighted by Crippen LogP contribution is 2.09. The van der Waals surface area contributed by atoms with Crippen molar-refractivity contribution in [1.82, 2.24) is 4.90 Å². The molecule has 0 saturated carbocycles. The van der Waals surface area contributed by atoms with Crippen molar-refractivity contribution >= 4 is 5.78 Å². The van der Waals surface area contributed by atoms with Gasteiger partial charge in [-0.1, -0.05) is 37.3 Å². The van der Waals surface area contributed by atoms with Crippen molar-refractivity contribution in [2.45, 2.75) is 46.1 Å². The van der Waals surface area contributed by atoms with E-state index in [4.69, 9.17) is 0 Å². The number of rotatable bonds is 8. The molecule has 0 N–H and O–H groups in total. The first-order chi connectivity index (χ1) is 8.63. The maximum atomic E-state index is 11.0. The van der Waals surface area contributed by atoms with E-state index in [1.165, 1.54) is 5.56 Å². The highest BCUT2D eigenvalue weighted by atomic mass is 16.1. The van der Waals surface area contributed by atoms with E-state index >= 15 is 0 Å². The molecule has 0 aromatic heterocycles. The van der Waals surface area contributed by atoms with Gasteiger partial charge in [0.05, 0.1) is 0 Å². The van der Waals surface area contributed by atoms with Crippen molar-refractivity contribution in [2.24, 2.45) is 0 Å². The molecule has 2 nitrogen and oxygen atoms in total. The van der Waals surface area contributed by atoms with Crippen LogP contribution in [0.2, 0.25) is 0 Å². The van der Waals surface area contributed by atoms with Crippen molar-refractivity contribution in [2.75, 3.05) is 13.1 Å². The van der Waals surface area contributed by atoms with Crippen LogP contribution in [-0.2, 0) is 11.2 Å². The fourth-order valence-electron chi connectivity index (χ4n) is 2.31.